The third-order valence-corrected chi connectivity index (χ3v) is 4.19. The second-order valence-corrected chi connectivity index (χ2v) is 6.82. The maximum atomic E-state index is 12.2. The second kappa shape index (κ2) is 9.63. The molecule has 0 aliphatic carbocycles. The molecule has 0 bridgehead atoms. The highest BCUT2D eigenvalue weighted by Gasteiger charge is 2.21. The van der Waals surface area contributed by atoms with Gasteiger partial charge in [-0.2, -0.15) is 0 Å². The summed E-state index contributed by atoms with van der Waals surface area (Å²) in [4.78, 5) is 14.6. The first-order valence-electron chi connectivity index (χ1n) is 8.83. The van der Waals surface area contributed by atoms with Crippen molar-refractivity contribution in [2.45, 2.75) is 26.4 Å². The zero-order valence-corrected chi connectivity index (χ0v) is 15.7. The van der Waals surface area contributed by atoms with Crippen LogP contribution in [0, 0.1) is 5.92 Å². The normalized spacial score (nSPS) is 18.2. The summed E-state index contributed by atoms with van der Waals surface area (Å²) < 4.78 is 16.3. The van der Waals surface area contributed by atoms with E-state index in [2.05, 4.69) is 24.1 Å². The van der Waals surface area contributed by atoms with Gasteiger partial charge in [-0.25, -0.2) is 0 Å². The van der Waals surface area contributed by atoms with Crippen molar-refractivity contribution in [2.24, 2.45) is 5.92 Å². The van der Waals surface area contributed by atoms with E-state index in [1.165, 1.54) is 0 Å². The van der Waals surface area contributed by atoms with E-state index in [0.717, 1.165) is 31.8 Å². The van der Waals surface area contributed by atoms with E-state index in [1.54, 1.807) is 14.2 Å². The number of nitrogens with zero attached hydrogens (tertiary/aromatic N) is 1. The van der Waals surface area contributed by atoms with Gasteiger partial charge in [0.2, 0.25) is 5.91 Å². The van der Waals surface area contributed by atoms with Crippen LogP contribution in [0.1, 0.15) is 19.4 Å². The molecule has 1 aromatic carbocycles. The Hall–Kier alpha value is -1.79. The molecule has 6 nitrogen and oxygen atoms in total. The number of hydrogen-bond donors (Lipinski definition) is 1. The van der Waals surface area contributed by atoms with Gasteiger partial charge in [0.05, 0.1) is 33.4 Å². The van der Waals surface area contributed by atoms with Crippen molar-refractivity contribution in [1.29, 1.82) is 0 Å². The largest absolute Gasteiger partial charge is 0.493 e. The third kappa shape index (κ3) is 6.21. The summed E-state index contributed by atoms with van der Waals surface area (Å²) in [6.07, 6.45) is 0.366. The Labute approximate surface area is 150 Å². The van der Waals surface area contributed by atoms with Gasteiger partial charge in [-0.1, -0.05) is 19.9 Å². The number of nitrogens with one attached hydrogen (secondary N) is 1. The molecule has 6 heteroatoms. The molecule has 25 heavy (non-hydrogen) atoms. The molecule has 1 aliphatic heterocycles. The highest BCUT2D eigenvalue weighted by atomic mass is 16.5. The fraction of sp³-hybridized carbons (Fsp3) is 0.632. The standard InChI is InChI=1S/C19H30N2O4/c1-14(2)12-21-7-8-25-16(13-21)11-20-19(22)10-15-5-6-17(23-3)18(9-15)24-4/h5-6,9,14,16H,7-8,10-13H2,1-4H3,(H,20,22). The first kappa shape index (κ1) is 19.5. The second-order valence-electron chi connectivity index (χ2n) is 6.82. The lowest BCUT2D eigenvalue weighted by molar-refractivity contribution is -0.121. The fourth-order valence-electron chi connectivity index (χ4n) is 3.05. The molecule has 1 heterocycles. The molecule has 1 aliphatic rings. The maximum Gasteiger partial charge on any atom is 0.224 e. The van der Waals surface area contributed by atoms with Gasteiger partial charge < -0.3 is 19.5 Å². The number of morpholine rings is 1. The van der Waals surface area contributed by atoms with Crippen molar-refractivity contribution in [3.05, 3.63) is 23.8 Å². The smallest absolute Gasteiger partial charge is 0.224 e. The SMILES string of the molecule is COc1ccc(CC(=O)NCC2CN(CC(C)C)CCO2)cc1OC. The van der Waals surface area contributed by atoms with Crippen molar-refractivity contribution in [3.8, 4) is 11.5 Å². The van der Waals surface area contributed by atoms with Crippen LogP contribution in [0.5, 0.6) is 11.5 Å². The average Bonchev–Trinajstić information content (AvgIpc) is 2.59. The number of carbonyl (C=O) groups is 1. The molecule has 1 atom stereocenters. The molecule has 1 N–H and O–H groups in total. The number of methoxy groups -OCH3 is 2. The lowest BCUT2D eigenvalue weighted by Crippen LogP contribution is -2.48. The van der Waals surface area contributed by atoms with Crippen LogP contribution in [0.15, 0.2) is 18.2 Å². The van der Waals surface area contributed by atoms with Gasteiger partial charge in [-0.05, 0) is 23.6 Å². The molecule has 1 fully saturated rings. The molecule has 1 unspecified atom stereocenters. The molecule has 1 aromatic rings. The molecule has 0 aromatic heterocycles. The number of ether oxygens (including phenoxy) is 3. The van der Waals surface area contributed by atoms with E-state index in [4.69, 9.17) is 14.2 Å². The van der Waals surface area contributed by atoms with Gasteiger partial charge in [-0.3, -0.25) is 9.69 Å². The summed E-state index contributed by atoms with van der Waals surface area (Å²) in [6, 6.07) is 5.53. The number of benzene rings is 1. The fourth-order valence-corrected chi connectivity index (χ4v) is 3.05. The quantitative estimate of drug-likeness (QED) is 0.774. The summed E-state index contributed by atoms with van der Waals surface area (Å²) in [5, 5.41) is 2.98. The van der Waals surface area contributed by atoms with Gasteiger partial charge in [-0.15, -0.1) is 0 Å². The first-order chi connectivity index (χ1) is 12.0. The van der Waals surface area contributed by atoms with Gasteiger partial charge >= 0.3 is 0 Å². The predicted octanol–water partition coefficient (Wildman–Crippen LogP) is 1.72. The molecule has 2 rings (SSSR count). The van der Waals surface area contributed by atoms with E-state index in [9.17, 15) is 4.79 Å². The number of carbonyl (C=O) groups excluding carboxylic acids is 1. The van der Waals surface area contributed by atoms with Crippen LogP contribution >= 0.6 is 0 Å². The Balaban J connectivity index is 1.80. The zero-order valence-electron chi connectivity index (χ0n) is 15.7. The van der Waals surface area contributed by atoms with Crippen LogP contribution in [-0.4, -0.2) is 63.9 Å². The molecule has 0 radical (unpaired) electrons. The Morgan fingerprint density at radius 3 is 2.76 bits per heavy atom. The lowest BCUT2D eigenvalue weighted by Gasteiger charge is -2.33. The van der Waals surface area contributed by atoms with Crippen LogP contribution < -0.4 is 14.8 Å². The van der Waals surface area contributed by atoms with Crippen LogP contribution in [-0.2, 0) is 16.0 Å². The van der Waals surface area contributed by atoms with Crippen molar-refractivity contribution >= 4 is 5.91 Å². The van der Waals surface area contributed by atoms with E-state index in [0.29, 0.717) is 30.4 Å². The van der Waals surface area contributed by atoms with Crippen LogP contribution in [0.25, 0.3) is 0 Å². The monoisotopic (exact) mass is 350 g/mol. The molecular formula is C19H30N2O4. The van der Waals surface area contributed by atoms with Crippen molar-refractivity contribution in [1.82, 2.24) is 10.2 Å². The topological polar surface area (TPSA) is 60.0 Å². The molecule has 1 amide bonds. The summed E-state index contributed by atoms with van der Waals surface area (Å²) in [5.41, 5.74) is 0.890. The van der Waals surface area contributed by atoms with Crippen molar-refractivity contribution in [2.75, 3.05) is 47.0 Å². The van der Waals surface area contributed by atoms with Gasteiger partial charge in [0.25, 0.3) is 0 Å². The molecule has 140 valence electrons. The molecule has 0 saturated carbocycles. The Morgan fingerprint density at radius 1 is 1.32 bits per heavy atom. The zero-order chi connectivity index (χ0) is 18.2. The highest BCUT2D eigenvalue weighted by molar-refractivity contribution is 5.78. The summed E-state index contributed by atoms with van der Waals surface area (Å²) >= 11 is 0. The first-order valence-corrected chi connectivity index (χ1v) is 8.83. The molecule has 1 saturated heterocycles. The van der Waals surface area contributed by atoms with E-state index >= 15 is 0 Å². The number of rotatable bonds is 8. The third-order valence-electron chi connectivity index (χ3n) is 4.19. The van der Waals surface area contributed by atoms with Crippen LogP contribution in [0.2, 0.25) is 0 Å². The predicted molar refractivity (Wildman–Crippen MR) is 97.3 cm³/mol. The van der Waals surface area contributed by atoms with Gasteiger partial charge in [0.1, 0.15) is 0 Å². The van der Waals surface area contributed by atoms with Gasteiger partial charge in [0, 0.05) is 26.2 Å². The summed E-state index contributed by atoms with van der Waals surface area (Å²) in [5.74, 6) is 1.91. The average molecular weight is 350 g/mol. The maximum absolute atomic E-state index is 12.2. The van der Waals surface area contributed by atoms with Crippen LogP contribution in [0.4, 0.5) is 0 Å². The van der Waals surface area contributed by atoms with E-state index in [1.807, 2.05) is 18.2 Å². The Bertz CT molecular complexity index is 562. The highest BCUT2D eigenvalue weighted by Crippen LogP contribution is 2.27. The number of hydrogen-bond acceptors (Lipinski definition) is 5. The minimum atomic E-state index is -0.0168. The summed E-state index contributed by atoms with van der Waals surface area (Å²) in [6.45, 7) is 8.61. The Morgan fingerprint density at radius 2 is 2.08 bits per heavy atom. The lowest BCUT2D eigenvalue weighted by atomic mass is 10.1. The van der Waals surface area contributed by atoms with E-state index < -0.39 is 0 Å². The minimum Gasteiger partial charge on any atom is -0.493 e. The van der Waals surface area contributed by atoms with E-state index in [-0.39, 0.29) is 12.0 Å². The van der Waals surface area contributed by atoms with Crippen molar-refractivity contribution in [3.63, 3.8) is 0 Å². The molecule has 0 spiro atoms. The number of amides is 1. The van der Waals surface area contributed by atoms with Crippen molar-refractivity contribution < 1.29 is 19.0 Å². The van der Waals surface area contributed by atoms with Crippen LogP contribution in [0.3, 0.4) is 0 Å². The summed E-state index contributed by atoms with van der Waals surface area (Å²) in [7, 11) is 3.18. The minimum absolute atomic E-state index is 0.0168. The van der Waals surface area contributed by atoms with Gasteiger partial charge in [0.15, 0.2) is 11.5 Å². The Kier molecular flexibility index (Phi) is 7.52. The molecular weight excluding hydrogens is 320 g/mol.